The van der Waals surface area contributed by atoms with E-state index in [0.717, 1.165) is 11.8 Å². The van der Waals surface area contributed by atoms with Crippen molar-refractivity contribution in [3.63, 3.8) is 0 Å². The molecule has 0 fully saturated rings. The first-order valence-corrected chi connectivity index (χ1v) is 7.47. The lowest BCUT2D eigenvalue weighted by Gasteiger charge is -2.15. The summed E-state index contributed by atoms with van der Waals surface area (Å²) in [5.74, 6) is -0.560. The maximum Gasteiger partial charge on any atom is 0.280 e. The van der Waals surface area contributed by atoms with Gasteiger partial charge in [-0.2, -0.15) is 10.2 Å². The lowest BCUT2D eigenvalue weighted by Crippen LogP contribution is -2.27. The normalized spacial score (nSPS) is 11.7. The summed E-state index contributed by atoms with van der Waals surface area (Å²) in [4.78, 5) is 17.4. The summed E-state index contributed by atoms with van der Waals surface area (Å²) in [6.45, 7) is 0.209. The molecule has 0 unspecified atom stereocenters. The number of alkyl halides is 4. The number of halogens is 4. The highest BCUT2D eigenvalue weighted by atomic mass is 19.3. The van der Waals surface area contributed by atoms with Crippen LogP contribution >= 0.6 is 0 Å². The van der Waals surface area contributed by atoms with E-state index in [1.54, 1.807) is 24.0 Å². The number of hydrogen-bond donors (Lipinski definition) is 0. The van der Waals surface area contributed by atoms with Gasteiger partial charge < -0.3 is 4.90 Å². The number of nitrogens with zero attached hydrogens (tertiary/aromatic N) is 6. The Morgan fingerprint density at radius 1 is 1.23 bits per heavy atom. The molecule has 0 atom stereocenters. The molecule has 0 aliphatic rings. The Kier molecular flexibility index (Phi) is 4.62. The first kappa shape index (κ1) is 17.8. The van der Waals surface area contributed by atoms with E-state index in [-0.39, 0.29) is 17.9 Å². The van der Waals surface area contributed by atoms with Crippen LogP contribution in [0.3, 0.4) is 0 Å². The molecule has 7 nitrogen and oxygen atoms in total. The Morgan fingerprint density at radius 3 is 2.54 bits per heavy atom. The van der Waals surface area contributed by atoms with Gasteiger partial charge in [0.25, 0.3) is 18.8 Å². The summed E-state index contributed by atoms with van der Waals surface area (Å²) in [5, 5.41) is 7.81. The summed E-state index contributed by atoms with van der Waals surface area (Å²) in [5.41, 5.74) is -1.21. The molecule has 3 aromatic rings. The molecule has 0 aliphatic carbocycles. The van der Waals surface area contributed by atoms with Crippen molar-refractivity contribution >= 4 is 11.6 Å². The van der Waals surface area contributed by atoms with Crippen molar-refractivity contribution in [2.75, 3.05) is 7.05 Å². The molecule has 3 rings (SSSR count). The first-order valence-electron chi connectivity index (χ1n) is 7.47. The number of hydrogen-bond acceptors (Lipinski definition) is 4. The Bertz CT molecular complexity index is 951. The molecule has 0 N–H and O–H groups in total. The van der Waals surface area contributed by atoms with Gasteiger partial charge in [-0.05, 0) is 12.1 Å². The van der Waals surface area contributed by atoms with Crippen molar-refractivity contribution in [2.45, 2.75) is 19.4 Å². The quantitative estimate of drug-likeness (QED) is 0.648. The maximum absolute atomic E-state index is 13.2. The summed E-state index contributed by atoms with van der Waals surface area (Å²) >= 11 is 0. The molecule has 26 heavy (non-hydrogen) atoms. The second kappa shape index (κ2) is 6.73. The van der Waals surface area contributed by atoms with Crippen LogP contribution in [0.25, 0.3) is 5.65 Å². The van der Waals surface area contributed by atoms with Gasteiger partial charge in [-0.25, -0.2) is 27.1 Å². The van der Waals surface area contributed by atoms with E-state index in [0.29, 0.717) is 10.6 Å². The van der Waals surface area contributed by atoms with Crippen LogP contribution in [-0.2, 0) is 13.6 Å². The van der Waals surface area contributed by atoms with Crippen molar-refractivity contribution in [3.05, 3.63) is 47.2 Å². The molecule has 3 heterocycles. The Hall–Kier alpha value is -2.98. The molecule has 0 spiro atoms. The molecular formula is C15H14F4N6O. The van der Waals surface area contributed by atoms with Crippen molar-refractivity contribution in [2.24, 2.45) is 7.05 Å². The van der Waals surface area contributed by atoms with Crippen molar-refractivity contribution in [1.82, 2.24) is 29.3 Å². The third-order valence-electron chi connectivity index (χ3n) is 3.81. The van der Waals surface area contributed by atoms with Gasteiger partial charge in [-0.1, -0.05) is 0 Å². The molecule has 3 aromatic heterocycles. The monoisotopic (exact) mass is 370 g/mol. The minimum atomic E-state index is -3.05. The maximum atomic E-state index is 13.2. The van der Waals surface area contributed by atoms with E-state index in [1.807, 2.05) is 0 Å². The van der Waals surface area contributed by atoms with Gasteiger partial charge >= 0.3 is 0 Å². The molecule has 0 saturated carbocycles. The summed E-state index contributed by atoms with van der Waals surface area (Å²) in [6, 6.07) is 3.42. The average molecular weight is 370 g/mol. The zero-order valence-corrected chi connectivity index (χ0v) is 13.8. The summed E-state index contributed by atoms with van der Waals surface area (Å²) < 4.78 is 54.3. The third-order valence-corrected chi connectivity index (χ3v) is 3.81. The van der Waals surface area contributed by atoms with Crippen LogP contribution < -0.4 is 0 Å². The molecule has 138 valence electrons. The Labute approximate surface area is 144 Å². The van der Waals surface area contributed by atoms with Gasteiger partial charge in [0.2, 0.25) is 0 Å². The fraction of sp³-hybridized carbons (Fsp3) is 0.333. The van der Waals surface area contributed by atoms with E-state index in [9.17, 15) is 22.4 Å². The third kappa shape index (κ3) is 3.24. The molecule has 0 saturated heterocycles. The predicted molar refractivity (Wildman–Crippen MR) is 81.9 cm³/mol. The largest absolute Gasteiger partial charge is 0.334 e. The van der Waals surface area contributed by atoms with E-state index in [4.69, 9.17) is 0 Å². The second-order valence-corrected chi connectivity index (χ2v) is 5.61. The van der Waals surface area contributed by atoms with Crippen molar-refractivity contribution in [1.29, 1.82) is 0 Å². The number of fused-ring (bicyclic) bond motifs is 1. The Balaban J connectivity index is 1.96. The minimum absolute atomic E-state index is 0.171. The minimum Gasteiger partial charge on any atom is -0.334 e. The zero-order valence-electron chi connectivity index (χ0n) is 13.8. The van der Waals surface area contributed by atoms with E-state index in [2.05, 4.69) is 15.2 Å². The highest BCUT2D eigenvalue weighted by molar-refractivity contribution is 5.93. The lowest BCUT2D eigenvalue weighted by molar-refractivity contribution is 0.0775. The lowest BCUT2D eigenvalue weighted by atomic mass is 10.3. The van der Waals surface area contributed by atoms with E-state index < -0.39 is 30.1 Å². The number of carbonyl (C=O) groups excluding carboxylic acids is 1. The van der Waals surface area contributed by atoms with Crippen LogP contribution in [0, 0.1) is 0 Å². The van der Waals surface area contributed by atoms with Gasteiger partial charge in [0.05, 0.1) is 12.2 Å². The van der Waals surface area contributed by atoms with E-state index >= 15 is 0 Å². The highest BCUT2D eigenvalue weighted by Gasteiger charge is 2.23. The number of aryl methyl sites for hydroxylation is 1. The van der Waals surface area contributed by atoms with Gasteiger partial charge in [-0.15, -0.1) is 0 Å². The highest BCUT2D eigenvalue weighted by Crippen LogP contribution is 2.25. The summed E-state index contributed by atoms with van der Waals surface area (Å²) in [6.07, 6.45) is -4.49. The number of aromatic nitrogens is 5. The fourth-order valence-corrected chi connectivity index (χ4v) is 2.46. The fourth-order valence-electron chi connectivity index (χ4n) is 2.46. The first-order chi connectivity index (χ1) is 12.3. The number of carbonyl (C=O) groups is 1. The van der Waals surface area contributed by atoms with Crippen LogP contribution in [0.1, 0.15) is 40.4 Å². The zero-order chi connectivity index (χ0) is 19.0. The molecule has 0 radical (unpaired) electrons. The number of rotatable bonds is 5. The van der Waals surface area contributed by atoms with E-state index in [1.165, 1.54) is 11.9 Å². The van der Waals surface area contributed by atoms with Crippen LogP contribution in [0.2, 0.25) is 0 Å². The van der Waals surface area contributed by atoms with Crippen molar-refractivity contribution in [3.8, 4) is 0 Å². The van der Waals surface area contributed by atoms with Crippen LogP contribution in [0.5, 0.6) is 0 Å². The molecule has 11 heteroatoms. The predicted octanol–water partition coefficient (Wildman–Crippen LogP) is 2.61. The topological polar surface area (TPSA) is 68.3 Å². The molecule has 1 amide bonds. The van der Waals surface area contributed by atoms with Gasteiger partial charge in [0.15, 0.2) is 11.3 Å². The molecule has 0 bridgehead atoms. The molecule has 0 aliphatic heterocycles. The standard InChI is InChI=1S/C15H14F4N6O/c1-23(7-8-3-4-20-24(8)2)15(26)10-6-12-21-9(13(16)17)5-11(14(18)19)25(12)22-10/h3-6,13-14H,7H2,1-2H3. The smallest absolute Gasteiger partial charge is 0.280 e. The second-order valence-electron chi connectivity index (χ2n) is 5.61. The molecule has 0 aromatic carbocycles. The average Bonchev–Trinajstić information content (AvgIpc) is 3.19. The van der Waals surface area contributed by atoms with Crippen LogP contribution in [0.4, 0.5) is 17.6 Å². The van der Waals surface area contributed by atoms with Gasteiger partial charge in [0.1, 0.15) is 11.4 Å². The van der Waals surface area contributed by atoms with Crippen molar-refractivity contribution < 1.29 is 22.4 Å². The number of amides is 1. The van der Waals surface area contributed by atoms with Gasteiger partial charge in [-0.3, -0.25) is 9.48 Å². The molecular weight excluding hydrogens is 356 g/mol. The summed E-state index contributed by atoms with van der Waals surface area (Å²) in [7, 11) is 3.22. The van der Waals surface area contributed by atoms with Crippen LogP contribution in [-0.4, -0.2) is 42.2 Å². The van der Waals surface area contributed by atoms with Gasteiger partial charge in [0, 0.05) is 26.4 Å². The Morgan fingerprint density at radius 2 is 1.96 bits per heavy atom. The van der Waals surface area contributed by atoms with Crippen LogP contribution in [0.15, 0.2) is 24.4 Å². The SMILES string of the molecule is CN(Cc1ccnn1C)C(=O)c1cc2nc(C(F)F)cc(C(F)F)n2n1.